The van der Waals surface area contributed by atoms with Gasteiger partial charge in [0.05, 0.1) is 22.5 Å². The van der Waals surface area contributed by atoms with Gasteiger partial charge in [-0.25, -0.2) is 0 Å². The van der Waals surface area contributed by atoms with E-state index in [0.29, 0.717) is 18.4 Å². The number of ether oxygens (including phenoxy) is 1. The summed E-state index contributed by atoms with van der Waals surface area (Å²) in [6.07, 6.45) is 7.08. The van der Waals surface area contributed by atoms with Gasteiger partial charge in [-0.2, -0.15) is 10.1 Å². The van der Waals surface area contributed by atoms with Gasteiger partial charge in [0, 0.05) is 0 Å². The topological polar surface area (TPSA) is 59.0 Å². The van der Waals surface area contributed by atoms with E-state index >= 15 is 0 Å². The molecule has 4 aliphatic carbocycles. The van der Waals surface area contributed by atoms with Crippen molar-refractivity contribution in [2.45, 2.75) is 13.0 Å². The first-order valence-electron chi connectivity index (χ1n) is 10.7. The molecule has 2 saturated carbocycles. The first kappa shape index (κ1) is 19.0. The maximum atomic E-state index is 13.0. The Morgan fingerprint density at radius 3 is 2.32 bits per heavy atom. The Kier molecular flexibility index (Phi) is 4.39. The van der Waals surface area contributed by atoms with Gasteiger partial charge < -0.3 is 4.74 Å². The van der Waals surface area contributed by atoms with Crippen molar-refractivity contribution in [1.29, 1.82) is 0 Å². The summed E-state index contributed by atoms with van der Waals surface area (Å²) in [6.45, 7) is 0.477. The van der Waals surface area contributed by atoms with E-state index in [1.807, 2.05) is 48.5 Å². The molecular formula is C25H21BrN2O3. The highest BCUT2D eigenvalue weighted by atomic mass is 79.9. The molecular weight excluding hydrogens is 456 g/mol. The molecule has 0 unspecified atom stereocenters. The largest absolute Gasteiger partial charge is 0.488 e. The molecule has 3 fully saturated rings. The zero-order chi connectivity index (χ0) is 21.1. The molecule has 2 aromatic rings. The Hall–Kier alpha value is -2.73. The normalized spacial score (nSPS) is 32.5. The Morgan fingerprint density at radius 1 is 1.00 bits per heavy atom. The van der Waals surface area contributed by atoms with Crippen LogP contribution in [-0.2, 0) is 16.2 Å². The minimum Gasteiger partial charge on any atom is -0.488 e. The van der Waals surface area contributed by atoms with Crippen molar-refractivity contribution in [3.8, 4) is 5.75 Å². The highest BCUT2D eigenvalue weighted by Gasteiger charge is 2.67. The molecule has 1 heterocycles. The van der Waals surface area contributed by atoms with Crippen LogP contribution in [0.25, 0.3) is 0 Å². The highest BCUT2D eigenvalue weighted by Crippen LogP contribution is 2.65. The number of carbonyl (C=O) groups excluding carboxylic acids is 2. The molecule has 1 aliphatic heterocycles. The lowest BCUT2D eigenvalue weighted by Crippen LogP contribution is -2.40. The van der Waals surface area contributed by atoms with Gasteiger partial charge >= 0.3 is 0 Å². The van der Waals surface area contributed by atoms with E-state index in [9.17, 15) is 9.59 Å². The molecule has 31 heavy (non-hydrogen) atoms. The summed E-state index contributed by atoms with van der Waals surface area (Å²) in [5, 5.41) is 5.41. The molecule has 0 radical (unpaired) electrons. The summed E-state index contributed by atoms with van der Waals surface area (Å²) < 4.78 is 6.68. The quantitative estimate of drug-likeness (QED) is 0.364. The predicted octanol–water partition coefficient (Wildman–Crippen LogP) is 4.42. The van der Waals surface area contributed by atoms with Crippen LogP contribution in [0.3, 0.4) is 0 Å². The summed E-state index contributed by atoms with van der Waals surface area (Å²) >= 11 is 3.54. The van der Waals surface area contributed by atoms with Crippen molar-refractivity contribution in [2.24, 2.45) is 40.6 Å². The average Bonchev–Trinajstić information content (AvgIpc) is 3.57. The van der Waals surface area contributed by atoms with Gasteiger partial charge in [-0.15, -0.1) is 0 Å². The van der Waals surface area contributed by atoms with E-state index in [1.165, 1.54) is 0 Å². The number of hydrogen-bond donors (Lipinski definition) is 0. The van der Waals surface area contributed by atoms with Crippen molar-refractivity contribution in [3.63, 3.8) is 0 Å². The number of nitrogens with zero attached hydrogens (tertiary/aromatic N) is 2. The zero-order valence-electron chi connectivity index (χ0n) is 16.7. The van der Waals surface area contributed by atoms with Crippen LogP contribution >= 0.6 is 15.9 Å². The zero-order valence-corrected chi connectivity index (χ0v) is 18.3. The summed E-state index contributed by atoms with van der Waals surface area (Å²) in [4.78, 5) is 26.0. The number of hydrogen-bond acceptors (Lipinski definition) is 4. The van der Waals surface area contributed by atoms with Gasteiger partial charge in [0.1, 0.15) is 12.4 Å². The highest BCUT2D eigenvalue weighted by molar-refractivity contribution is 9.10. The lowest BCUT2D eigenvalue weighted by molar-refractivity contribution is -0.140. The molecule has 1 saturated heterocycles. The van der Waals surface area contributed by atoms with E-state index in [2.05, 4.69) is 33.2 Å². The van der Waals surface area contributed by atoms with Crippen molar-refractivity contribution < 1.29 is 14.3 Å². The molecule has 0 spiro atoms. The second-order valence-corrected chi connectivity index (χ2v) is 9.71. The minimum atomic E-state index is -0.219. The molecule has 0 N–H and O–H groups in total. The van der Waals surface area contributed by atoms with E-state index < -0.39 is 0 Å². The van der Waals surface area contributed by atoms with Crippen LogP contribution in [0.15, 0.2) is 70.3 Å². The summed E-state index contributed by atoms with van der Waals surface area (Å²) in [6, 6.07) is 15.6. The van der Waals surface area contributed by atoms with Crippen LogP contribution in [0, 0.1) is 35.5 Å². The fourth-order valence-electron chi connectivity index (χ4n) is 5.63. The van der Waals surface area contributed by atoms with Gasteiger partial charge in [-0.05, 0) is 75.3 Å². The predicted molar refractivity (Wildman–Crippen MR) is 119 cm³/mol. The number of rotatable bonds is 5. The second kappa shape index (κ2) is 7.16. The molecule has 156 valence electrons. The van der Waals surface area contributed by atoms with Crippen LogP contribution in [0.2, 0.25) is 0 Å². The average molecular weight is 477 g/mol. The number of allylic oxidation sites excluding steroid dienone is 2. The number of benzene rings is 2. The number of imide groups is 1. The van der Waals surface area contributed by atoms with Crippen LogP contribution in [-0.4, -0.2) is 23.0 Å². The third kappa shape index (κ3) is 3.07. The molecule has 6 atom stereocenters. The lowest BCUT2D eigenvalue weighted by Gasteiger charge is -2.37. The van der Waals surface area contributed by atoms with Crippen LogP contribution < -0.4 is 4.74 Å². The van der Waals surface area contributed by atoms with E-state index in [-0.39, 0.29) is 35.5 Å². The smallest absolute Gasteiger partial charge is 0.254 e. The molecule has 5 aliphatic rings. The SMILES string of the molecule is O=C1[C@@H]2[C@@H]3C=C[C@H]([C@H]4C[C@H]34)[C@@H]2C(=O)N1/N=C/c1ccc(OCc2ccccc2)c(Br)c1. The third-order valence-corrected chi connectivity index (χ3v) is 7.77. The van der Waals surface area contributed by atoms with Crippen molar-refractivity contribution in [2.75, 3.05) is 0 Å². The Labute approximate surface area is 188 Å². The third-order valence-electron chi connectivity index (χ3n) is 7.15. The monoisotopic (exact) mass is 476 g/mol. The molecule has 2 aromatic carbocycles. The summed E-state index contributed by atoms with van der Waals surface area (Å²) in [5.74, 6) is 1.62. The molecule has 5 nitrogen and oxygen atoms in total. The summed E-state index contributed by atoms with van der Waals surface area (Å²) in [7, 11) is 0. The maximum absolute atomic E-state index is 13.0. The fraction of sp³-hybridized carbons (Fsp3) is 0.320. The first-order valence-corrected chi connectivity index (χ1v) is 11.5. The molecule has 2 bridgehead atoms. The second-order valence-electron chi connectivity index (χ2n) is 8.85. The molecule has 0 aromatic heterocycles. The first-order chi connectivity index (χ1) is 15.1. The van der Waals surface area contributed by atoms with Gasteiger partial charge in [-0.3, -0.25) is 9.59 Å². The standard InChI is InChI=1S/C25H21BrN2O3/c26-20-10-15(6-9-21(20)31-13-14-4-2-1-3-5-14)12-27-28-24(29)22-16-7-8-17(19-11-18(16)19)23(22)25(28)30/h1-10,12,16-19,22-23H,11,13H2/b27-12+/t16-,17-,18-,19-,22-,23+/m1/s1. The number of carbonyl (C=O) groups is 2. The Morgan fingerprint density at radius 2 is 1.68 bits per heavy atom. The number of amides is 2. The van der Waals surface area contributed by atoms with Crippen molar-refractivity contribution in [3.05, 3.63) is 76.3 Å². The van der Waals surface area contributed by atoms with Gasteiger partial charge in [0.2, 0.25) is 0 Å². The van der Waals surface area contributed by atoms with Crippen molar-refractivity contribution in [1.82, 2.24) is 5.01 Å². The molecule has 6 heteroatoms. The van der Waals surface area contributed by atoms with Gasteiger partial charge in [0.25, 0.3) is 11.8 Å². The number of hydrazone groups is 1. The Bertz CT molecular complexity index is 1090. The van der Waals surface area contributed by atoms with E-state index in [4.69, 9.17) is 4.74 Å². The Balaban J connectivity index is 1.16. The van der Waals surface area contributed by atoms with Crippen molar-refractivity contribution >= 4 is 34.0 Å². The van der Waals surface area contributed by atoms with Gasteiger partial charge in [0.15, 0.2) is 0 Å². The minimum absolute atomic E-state index is 0.141. The molecule has 2 amide bonds. The maximum Gasteiger partial charge on any atom is 0.254 e. The number of halogens is 1. The van der Waals surface area contributed by atoms with Crippen LogP contribution in [0.1, 0.15) is 17.5 Å². The molecule has 7 rings (SSSR count). The van der Waals surface area contributed by atoms with E-state index in [0.717, 1.165) is 32.8 Å². The summed E-state index contributed by atoms with van der Waals surface area (Å²) in [5.41, 5.74) is 1.88. The van der Waals surface area contributed by atoms with E-state index in [1.54, 1.807) is 6.21 Å². The van der Waals surface area contributed by atoms with Crippen LogP contribution in [0.4, 0.5) is 0 Å². The van der Waals surface area contributed by atoms with Gasteiger partial charge in [-0.1, -0.05) is 42.5 Å². The van der Waals surface area contributed by atoms with Crippen LogP contribution in [0.5, 0.6) is 5.75 Å². The fourth-order valence-corrected chi connectivity index (χ4v) is 6.14. The lowest BCUT2D eigenvalue weighted by atomic mass is 9.63.